The molecule has 3 unspecified atom stereocenters. The van der Waals surface area contributed by atoms with E-state index in [9.17, 15) is 19.4 Å². The summed E-state index contributed by atoms with van der Waals surface area (Å²) < 4.78 is 23.8. The lowest BCUT2D eigenvalue weighted by Crippen LogP contribution is -2.46. The second-order valence-corrected chi connectivity index (χ2v) is 23.2. The van der Waals surface area contributed by atoms with Crippen molar-refractivity contribution in [3.63, 3.8) is 0 Å². The van der Waals surface area contributed by atoms with E-state index in [0.29, 0.717) is 23.9 Å². The molecule has 0 spiro atoms. The number of aliphatic hydroxyl groups excluding tert-OH is 1. The van der Waals surface area contributed by atoms with E-state index in [0.717, 1.165) is 51.4 Å². The van der Waals surface area contributed by atoms with Crippen molar-refractivity contribution < 1.29 is 32.9 Å². The topological polar surface area (TPSA) is 105 Å². The summed E-state index contributed by atoms with van der Waals surface area (Å²) in [5.41, 5.74) is 0. The van der Waals surface area contributed by atoms with Gasteiger partial charge in [-0.05, 0) is 51.4 Å². The zero-order valence-corrected chi connectivity index (χ0v) is 47.5. The SMILES string of the molecule is CCCCCCC/C=C\C/C=C\C/C=C\CCCCCCCCCCCCC(=O)NC(COP(=O)(O)OCC[N+](C)(C)C)C(O)CCCCCCCCCCCCCCCCCCCCCCCC. The molecule has 0 rings (SSSR count). The van der Waals surface area contributed by atoms with E-state index in [1.54, 1.807) is 0 Å². The fourth-order valence-electron chi connectivity index (χ4n) is 8.94. The van der Waals surface area contributed by atoms with Gasteiger partial charge in [0.05, 0.1) is 39.9 Å². The molecule has 1 amide bonds. The summed E-state index contributed by atoms with van der Waals surface area (Å²) >= 11 is 0. The summed E-state index contributed by atoms with van der Waals surface area (Å²) in [5.74, 6) is -0.145. The minimum Gasteiger partial charge on any atom is -0.391 e. The number of carbonyl (C=O) groups is 1. The molecule has 408 valence electrons. The molecular formula is C60H118N2O6P+. The first-order valence-electron chi connectivity index (χ1n) is 29.9. The van der Waals surface area contributed by atoms with E-state index in [4.69, 9.17) is 9.05 Å². The van der Waals surface area contributed by atoms with Crippen LogP contribution in [0.15, 0.2) is 36.5 Å². The molecule has 8 nitrogen and oxygen atoms in total. The van der Waals surface area contributed by atoms with Crippen LogP contribution >= 0.6 is 7.82 Å². The molecule has 0 aliphatic heterocycles. The highest BCUT2D eigenvalue weighted by Gasteiger charge is 2.28. The van der Waals surface area contributed by atoms with Crippen LogP contribution in [0.1, 0.15) is 290 Å². The maximum Gasteiger partial charge on any atom is 0.472 e. The van der Waals surface area contributed by atoms with Crippen LogP contribution in [0.5, 0.6) is 0 Å². The van der Waals surface area contributed by atoms with Gasteiger partial charge >= 0.3 is 7.82 Å². The first-order valence-corrected chi connectivity index (χ1v) is 31.3. The van der Waals surface area contributed by atoms with Gasteiger partial charge in [0.1, 0.15) is 13.2 Å². The molecule has 0 aliphatic rings. The number of phosphoric ester groups is 1. The Morgan fingerprint density at radius 1 is 0.493 bits per heavy atom. The van der Waals surface area contributed by atoms with E-state index in [2.05, 4.69) is 55.6 Å². The van der Waals surface area contributed by atoms with Gasteiger partial charge in [-0.1, -0.05) is 269 Å². The number of phosphoric acid groups is 1. The van der Waals surface area contributed by atoms with Crippen LogP contribution in [0.4, 0.5) is 0 Å². The van der Waals surface area contributed by atoms with Crippen molar-refractivity contribution in [1.82, 2.24) is 5.32 Å². The van der Waals surface area contributed by atoms with Gasteiger partial charge < -0.3 is 19.8 Å². The largest absolute Gasteiger partial charge is 0.472 e. The highest BCUT2D eigenvalue weighted by molar-refractivity contribution is 7.47. The number of amides is 1. The molecule has 0 bridgehead atoms. The normalized spacial score (nSPS) is 14.1. The highest BCUT2D eigenvalue weighted by Crippen LogP contribution is 2.43. The molecule has 0 aromatic rings. The van der Waals surface area contributed by atoms with Crippen LogP contribution in [0.25, 0.3) is 0 Å². The van der Waals surface area contributed by atoms with Crippen LogP contribution in [0, 0.1) is 0 Å². The predicted octanol–water partition coefficient (Wildman–Crippen LogP) is 18.2. The standard InChI is InChI=1S/C60H117N2O6P/c1-6-8-10-12-14-16-18-20-22-24-26-28-30-31-32-34-36-38-40-42-44-46-48-50-52-54-60(64)61-58(57-68-69(65,66)67-56-55-62(3,4)5)59(63)53-51-49-47-45-43-41-39-37-35-33-29-27-25-23-21-19-17-15-13-11-9-7-2/h18,20,24,26,30-31,58-59,63H,6-17,19,21-23,25,27-29,32-57H2,1-5H3,(H-,61,64,65,66)/p+1/b20-18-,26-24-,31-30-. The third-order valence-electron chi connectivity index (χ3n) is 13.6. The number of hydrogen-bond acceptors (Lipinski definition) is 5. The van der Waals surface area contributed by atoms with Crippen molar-refractivity contribution in [2.45, 2.75) is 302 Å². The molecule has 0 aromatic heterocycles. The summed E-state index contributed by atoms with van der Waals surface area (Å²) in [6.07, 6.45) is 66.3. The van der Waals surface area contributed by atoms with Gasteiger partial charge in [0.2, 0.25) is 5.91 Å². The van der Waals surface area contributed by atoms with Crippen molar-refractivity contribution in [2.75, 3.05) is 40.9 Å². The summed E-state index contributed by atoms with van der Waals surface area (Å²) in [5, 5.41) is 14.1. The Bertz CT molecular complexity index is 1220. The predicted molar refractivity (Wildman–Crippen MR) is 300 cm³/mol. The Kier molecular flexibility index (Phi) is 50.7. The van der Waals surface area contributed by atoms with E-state index in [1.165, 1.54) is 212 Å². The number of likely N-dealkylation sites (N-methyl/N-ethyl adjacent to an activating group) is 1. The molecule has 0 aromatic carbocycles. The lowest BCUT2D eigenvalue weighted by atomic mass is 10.0. The van der Waals surface area contributed by atoms with Gasteiger partial charge in [-0.15, -0.1) is 0 Å². The Hall–Kier alpha value is -1.28. The van der Waals surface area contributed by atoms with Crippen LogP contribution in [-0.4, -0.2) is 73.4 Å². The van der Waals surface area contributed by atoms with Gasteiger partial charge in [0.15, 0.2) is 0 Å². The van der Waals surface area contributed by atoms with E-state index in [-0.39, 0.29) is 19.1 Å². The van der Waals surface area contributed by atoms with Gasteiger partial charge in [-0.3, -0.25) is 13.8 Å². The van der Waals surface area contributed by atoms with Crippen molar-refractivity contribution in [1.29, 1.82) is 0 Å². The minimum atomic E-state index is -4.33. The summed E-state index contributed by atoms with van der Waals surface area (Å²) in [4.78, 5) is 23.4. The number of allylic oxidation sites excluding steroid dienone is 6. The molecule has 0 saturated heterocycles. The lowest BCUT2D eigenvalue weighted by Gasteiger charge is -2.26. The molecule has 0 aliphatic carbocycles. The lowest BCUT2D eigenvalue weighted by molar-refractivity contribution is -0.870. The molecule has 3 atom stereocenters. The summed E-state index contributed by atoms with van der Waals surface area (Å²) in [6.45, 7) is 4.91. The number of unbranched alkanes of at least 4 members (excludes halogenated alkanes) is 36. The van der Waals surface area contributed by atoms with Crippen LogP contribution < -0.4 is 5.32 Å². The Labute approximate surface area is 429 Å². The van der Waals surface area contributed by atoms with Gasteiger partial charge in [0.25, 0.3) is 0 Å². The zero-order chi connectivity index (χ0) is 50.6. The molecule has 3 N–H and O–H groups in total. The third kappa shape index (κ3) is 54.3. The average molecular weight is 995 g/mol. The zero-order valence-electron chi connectivity index (χ0n) is 46.6. The number of carbonyl (C=O) groups excluding carboxylic acids is 1. The molecular weight excluding hydrogens is 876 g/mol. The Morgan fingerprint density at radius 3 is 1.20 bits per heavy atom. The van der Waals surface area contributed by atoms with E-state index in [1.807, 2.05) is 21.1 Å². The number of rotatable bonds is 55. The average Bonchev–Trinajstić information content (AvgIpc) is 3.31. The minimum absolute atomic E-state index is 0.0741. The van der Waals surface area contributed by atoms with Gasteiger partial charge in [-0.25, -0.2) is 4.57 Å². The first kappa shape index (κ1) is 67.7. The van der Waals surface area contributed by atoms with Crippen LogP contribution in [-0.2, 0) is 18.4 Å². The molecule has 9 heteroatoms. The second kappa shape index (κ2) is 51.6. The monoisotopic (exact) mass is 994 g/mol. The van der Waals surface area contributed by atoms with Crippen molar-refractivity contribution in [2.24, 2.45) is 0 Å². The van der Waals surface area contributed by atoms with Crippen LogP contribution in [0.3, 0.4) is 0 Å². The molecule has 0 radical (unpaired) electrons. The van der Waals surface area contributed by atoms with Crippen LogP contribution in [0.2, 0.25) is 0 Å². The molecule has 0 fully saturated rings. The number of quaternary nitrogens is 1. The number of hydrogen-bond donors (Lipinski definition) is 3. The molecule has 0 saturated carbocycles. The van der Waals surface area contributed by atoms with Crippen molar-refractivity contribution in [3.05, 3.63) is 36.5 Å². The van der Waals surface area contributed by atoms with Crippen molar-refractivity contribution in [3.8, 4) is 0 Å². The van der Waals surface area contributed by atoms with Crippen molar-refractivity contribution >= 4 is 13.7 Å². The van der Waals surface area contributed by atoms with E-state index >= 15 is 0 Å². The Morgan fingerprint density at radius 2 is 0.826 bits per heavy atom. The first-order chi connectivity index (χ1) is 33.5. The number of nitrogens with one attached hydrogen (secondary N) is 1. The quantitative estimate of drug-likeness (QED) is 0.0243. The van der Waals surface area contributed by atoms with Gasteiger partial charge in [-0.2, -0.15) is 0 Å². The number of nitrogens with zero attached hydrogens (tertiary/aromatic N) is 1. The van der Waals surface area contributed by atoms with E-state index < -0.39 is 20.0 Å². The summed E-state index contributed by atoms with van der Waals surface area (Å²) in [6, 6.07) is -0.764. The fourth-order valence-corrected chi connectivity index (χ4v) is 9.67. The smallest absolute Gasteiger partial charge is 0.391 e. The maximum atomic E-state index is 13.0. The maximum absolute atomic E-state index is 13.0. The summed E-state index contributed by atoms with van der Waals surface area (Å²) in [7, 11) is 1.62. The van der Waals surface area contributed by atoms with Gasteiger partial charge in [0, 0.05) is 6.42 Å². The molecule has 69 heavy (non-hydrogen) atoms. The third-order valence-corrected chi connectivity index (χ3v) is 14.6. The second-order valence-electron chi connectivity index (χ2n) is 21.7. The fraction of sp³-hybridized carbons (Fsp3) is 0.883. The number of aliphatic hydroxyl groups is 1. The highest BCUT2D eigenvalue weighted by atomic mass is 31.2. The Balaban J connectivity index is 4.16. The molecule has 0 heterocycles.